The summed E-state index contributed by atoms with van der Waals surface area (Å²) < 4.78 is 9.74. The van der Waals surface area contributed by atoms with E-state index in [0.29, 0.717) is 0 Å². The van der Waals surface area contributed by atoms with Crippen molar-refractivity contribution in [1.29, 1.82) is 0 Å². The second-order valence-corrected chi connectivity index (χ2v) is 4.89. The Labute approximate surface area is 111 Å². The quantitative estimate of drug-likeness (QED) is 0.633. The fraction of sp³-hybridized carbons (Fsp3) is 0.385. The van der Waals surface area contributed by atoms with Crippen LogP contribution in [0.25, 0.3) is 0 Å². The van der Waals surface area contributed by atoms with Crippen molar-refractivity contribution >= 4 is 23.4 Å². The Kier molecular flexibility index (Phi) is 4.37. The van der Waals surface area contributed by atoms with Crippen molar-refractivity contribution in [3.63, 3.8) is 0 Å². The fourth-order valence-corrected chi connectivity index (χ4v) is 1.40. The molecule has 1 aromatic carbocycles. The first kappa shape index (κ1) is 14.8. The summed E-state index contributed by atoms with van der Waals surface area (Å²) in [6.45, 7) is 5.21. The number of amides is 1. The van der Waals surface area contributed by atoms with Gasteiger partial charge in [-0.1, -0.05) is 6.07 Å². The second-order valence-electron chi connectivity index (χ2n) is 4.89. The largest absolute Gasteiger partial charge is 0.465 e. The maximum atomic E-state index is 11.7. The topological polar surface area (TPSA) is 90.6 Å². The molecule has 0 saturated carbocycles. The molecular formula is C13H18N2O4. The average Bonchev–Trinajstić information content (AvgIpc) is 2.28. The molecule has 0 heterocycles. The van der Waals surface area contributed by atoms with Gasteiger partial charge in [-0.15, -0.1) is 0 Å². The molecule has 6 nitrogen and oxygen atoms in total. The Balaban J connectivity index is 3.00. The monoisotopic (exact) mass is 266 g/mol. The molecule has 0 unspecified atom stereocenters. The summed E-state index contributed by atoms with van der Waals surface area (Å²) in [5.74, 6) is -0.585. The summed E-state index contributed by atoms with van der Waals surface area (Å²) in [7, 11) is 1.25. The van der Waals surface area contributed by atoms with Gasteiger partial charge in [0.15, 0.2) is 0 Å². The Hall–Kier alpha value is -2.24. The van der Waals surface area contributed by atoms with Gasteiger partial charge >= 0.3 is 12.1 Å². The van der Waals surface area contributed by atoms with E-state index >= 15 is 0 Å². The number of carbonyl (C=O) groups is 2. The number of esters is 1. The van der Waals surface area contributed by atoms with Gasteiger partial charge in [0.05, 0.1) is 24.0 Å². The molecule has 0 aromatic heterocycles. The van der Waals surface area contributed by atoms with Crippen LogP contribution in [0, 0.1) is 0 Å². The molecule has 0 fully saturated rings. The minimum absolute atomic E-state index is 0.174. The van der Waals surface area contributed by atoms with E-state index < -0.39 is 17.7 Å². The molecule has 0 radical (unpaired) electrons. The lowest BCUT2D eigenvalue weighted by Crippen LogP contribution is -2.28. The number of nitrogens with two attached hydrogens (primary N) is 1. The van der Waals surface area contributed by atoms with Crippen molar-refractivity contribution in [2.75, 3.05) is 18.2 Å². The lowest BCUT2D eigenvalue weighted by atomic mass is 10.1. The zero-order valence-corrected chi connectivity index (χ0v) is 11.4. The second kappa shape index (κ2) is 5.60. The Morgan fingerprint density at radius 2 is 1.89 bits per heavy atom. The molecule has 0 saturated heterocycles. The van der Waals surface area contributed by atoms with Gasteiger partial charge in [0.2, 0.25) is 0 Å². The summed E-state index contributed by atoms with van der Waals surface area (Å²) in [6, 6.07) is 4.68. The van der Waals surface area contributed by atoms with Crippen molar-refractivity contribution in [3.05, 3.63) is 23.8 Å². The highest BCUT2D eigenvalue weighted by atomic mass is 16.6. The molecule has 6 heteroatoms. The SMILES string of the molecule is COC(=O)c1cccc(N)c1NC(=O)OC(C)(C)C. The minimum Gasteiger partial charge on any atom is -0.465 e. The number of hydrogen-bond donors (Lipinski definition) is 2. The standard InChI is InChI=1S/C13H18N2O4/c1-13(2,3)19-12(17)15-10-8(11(16)18-4)6-5-7-9(10)14/h5-7H,14H2,1-4H3,(H,15,17). The van der Waals surface area contributed by atoms with E-state index in [2.05, 4.69) is 10.1 Å². The first-order valence-electron chi connectivity index (χ1n) is 5.71. The Morgan fingerprint density at radius 3 is 2.42 bits per heavy atom. The van der Waals surface area contributed by atoms with Crippen LogP contribution in [0.15, 0.2) is 18.2 Å². The number of carbonyl (C=O) groups excluding carboxylic acids is 2. The van der Waals surface area contributed by atoms with E-state index in [1.165, 1.54) is 13.2 Å². The van der Waals surface area contributed by atoms with Crippen LogP contribution in [-0.4, -0.2) is 24.8 Å². The van der Waals surface area contributed by atoms with Gasteiger partial charge in [-0.05, 0) is 32.9 Å². The highest BCUT2D eigenvalue weighted by Crippen LogP contribution is 2.25. The molecule has 1 rings (SSSR count). The summed E-state index contributed by atoms with van der Waals surface area (Å²) >= 11 is 0. The van der Waals surface area contributed by atoms with Gasteiger partial charge in [-0.2, -0.15) is 0 Å². The number of hydrogen-bond acceptors (Lipinski definition) is 5. The first-order chi connectivity index (χ1) is 8.74. The van der Waals surface area contributed by atoms with Crippen LogP contribution in [0.2, 0.25) is 0 Å². The van der Waals surface area contributed by atoms with Gasteiger partial charge in [-0.3, -0.25) is 5.32 Å². The molecule has 0 aliphatic carbocycles. The molecule has 1 amide bonds. The van der Waals surface area contributed by atoms with E-state index in [9.17, 15) is 9.59 Å². The van der Waals surface area contributed by atoms with Gasteiger partial charge in [-0.25, -0.2) is 9.59 Å². The van der Waals surface area contributed by atoms with Crippen molar-refractivity contribution < 1.29 is 19.1 Å². The summed E-state index contributed by atoms with van der Waals surface area (Å²) in [5.41, 5.74) is 5.72. The highest BCUT2D eigenvalue weighted by molar-refractivity contribution is 6.03. The zero-order chi connectivity index (χ0) is 14.6. The minimum atomic E-state index is -0.685. The summed E-state index contributed by atoms with van der Waals surface area (Å²) in [4.78, 5) is 23.3. The molecule has 0 aliphatic heterocycles. The van der Waals surface area contributed by atoms with Gasteiger partial charge in [0.1, 0.15) is 5.60 Å². The predicted molar refractivity (Wildman–Crippen MR) is 72.1 cm³/mol. The van der Waals surface area contributed by atoms with Crippen molar-refractivity contribution in [2.24, 2.45) is 0 Å². The molecule has 0 atom stereocenters. The zero-order valence-electron chi connectivity index (χ0n) is 11.4. The van der Waals surface area contributed by atoms with Gasteiger partial charge in [0, 0.05) is 0 Å². The number of para-hydroxylation sites is 1. The van der Waals surface area contributed by atoms with Crippen LogP contribution in [0.4, 0.5) is 16.2 Å². The van der Waals surface area contributed by atoms with Crippen LogP contribution in [0.3, 0.4) is 0 Å². The number of benzene rings is 1. The van der Waals surface area contributed by atoms with Crippen LogP contribution >= 0.6 is 0 Å². The van der Waals surface area contributed by atoms with Crippen LogP contribution in [-0.2, 0) is 9.47 Å². The maximum Gasteiger partial charge on any atom is 0.412 e. The number of methoxy groups -OCH3 is 1. The third-order valence-corrected chi connectivity index (χ3v) is 2.13. The van der Waals surface area contributed by atoms with Crippen LogP contribution < -0.4 is 11.1 Å². The molecule has 1 aromatic rings. The van der Waals surface area contributed by atoms with E-state index in [-0.39, 0.29) is 16.9 Å². The number of nitrogens with one attached hydrogen (secondary N) is 1. The highest BCUT2D eigenvalue weighted by Gasteiger charge is 2.20. The van der Waals surface area contributed by atoms with Crippen LogP contribution in [0.1, 0.15) is 31.1 Å². The Bertz CT molecular complexity index is 492. The van der Waals surface area contributed by atoms with Crippen molar-refractivity contribution in [2.45, 2.75) is 26.4 Å². The van der Waals surface area contributed by atoms with Gasteiger partial charge < -0.3 is 15.2 Å². The number of rotatable bonds is 2. The number of anilines is 2. The molecule has 0 bridgehead atoms. The van der Waals surface area contributed by atoms with E-state index in [4.69, 9.17) is 10.5 Å². The van der Waals surface area contributed by atoms with E-state index in [1.54, 1.807) is 32.9 Å². The van der Waals surface area contributed by atoms with E-state index in [1.807, 2.05) is 0 Å². The number of nitrogen functional groups attached to an aromatic ring is 1. The van der Waals surface area contributed by atoms with Crippen molar-refractivity contribution in [3.8, 4) is 0 Å². The molecule has 0 spiro atoms. The molecule has 0 aliphatic rings. The summed E-state index contributed by atoms with van der Waals surface area (Å²) in [5, 5.41) is 2.46. The Morgan fingerprint density at radius 1 is 1.26 bits per heavy atom. The molecule has 104 valence electrons. The predicted octanol–water partition coefficient (Wildman–Crippen LogP) is 2.40. The fourth-order valence-electron chi connectivity index (χ4n) is 1.40. The first-order valence-corrected chi connectivity index (χ1v) is 5.71. The average molecular weight is 266 g/mol. The van der Waals surface area contributed by atoms with Crippen molar-refractivity contribution in [1.82, 2.24) is 0 Å². The van der Waals surface area contributed by atoms with Crippen LogP contribution in [0.5, 0.6) is 0 Å². The third kappa shape index (κ3) is 4.17. The lowest BCUT2D eigenvalue weighted by Gasteiger charge is -2.20. The maximum absolute atomic E-state index is 11.7. The third-order valence-electron chi connectivity index (χ3n) is 2.13. The van der Waals surface area contributed by atoms with Gasteiger partial charge in [0.25, 0.3) is 0 Å². The normalized spacial score (nSPS) is 10.7. The smallest absolute Gasteiger partial charge is 0.412 e. The van der Waals surface area contributed by atoms with E-state index in [0.717, 1.165) is 0 Å². The molecular weight excluding hydrogens is 248 g/mol. The molecule has 3 N–H and O–H groups in total. The molecule has 19 heavy (non-hydrogen) atoms. The lowest BCUT2D eigenvalue weighted by molar-refractivity contribution is 0.0602. The summed E-state index contributed by atoms with van der Waals surface area (Å²) in [6.07, 6.45) is -0.685. The number of ether oxygens (including phenoxy) is 2.